The molecule has 1 aromatic rings. The average molecular weight is 315 g/mol. The minimum absolute atomic E-state index is 0.157. The number of benzene rings is 1. The first-order chi connectivity index (χ1) is 8.66. The van der Waals surface area contributed by atoms with Gasteiger partial charge in [0.25, 0.3) is 0 Å². The number of ketones is 1. The molecule has 5 heteroatoms. The smallest absolute Gasteiger partial charge is 0.179 e. The van der Waals surface area contributed by atoms with Gasteiger partial charge in [-0.3, -0.25) is 9.69 Å². The summed E-state index contributed by atoms with van der Waals surface area (Å²) < 4.78 is 14.3. The van der Waals surface area contributed by atoms with Crippen molar-refractivity contribution >= 4 is 21.7 Å². The third-order valence-electron chi connectivity index (χ3n) is 3.03. The number of nitrogens with one attached hydrogen (secondary N) is 1. The Morgan fingerprint density at radius 1 is 1.39 bits per heavy atom. The normalized spacial score (nSPS) is 17.4. The molecule has 0 saturated carbocycles. The quantitative estimate of drug-likeness (QED) is 0.867. The molecule has 1 aromatic carbocycles. The van der Waals surface area contributed by atoms with Crippen LogP contribution in [-0.4, -0.2) is 43.4 Å². The number of halogens is 2. The van der Waals surface area contributed by atoms with E-state index in [0.29, 0.717) is 0 Å². The van der Waals surface area contributed by atoms with Crippen molar-refractivity contribution in [1.82, 2.24) is 10.2 Å². The zero-order valence-corrected chi connectivity index (χ0v) is 11.7. The fraction of sp³-hybridized carbons (Fsp3) is 0.462. The molecule has 1 fully saturated rings. The van der Waals surface area contributed by atoms with Crippen LogP contribution in [0.4, 0.5) is 4.39 Å². The van der Waals surface area contributed by atoms with E-state index in [1.807, 2.05) is 0 Å². The van der Waals surface area contributed by atoms with Gasteiger partial charge in [0.1, 0.15) is 5.82 Å². The fourth-order valence-electron chi connectivity index (χ4n) is 2.06. The van der Waals surface area contributed by atoms with Crippen molar-refractivity contribution in [2.45, 2.75) is 6.42 Å². The highest BCUT2D eigenvalue weighted by Gasteiger charge is 2.17. The van der Waals surface area contributed by atoms with Crippen LogP contribution < -0.4 is 5.32 Å². The molecular formula is C13H16BrFN2O. The Labute approximate surface area is 114 Å². The van der Waals surface area contributed by atoms with Gasteiger partial charge in [-0.05, 0) is 37.7 Å². The first-order valence-electron chi connectivity index (χ1n) is 6.08. The van der Waals surface area contributed by atoms with Crippen molar-refractivity contribution in [2.75, 3.05) is 32.7 Å². The van der Waals surface area contributed by atoms with E-state index in [2.05, 4.69) is 26.1 Å². The van der Waals surface area contributed by atoms with E-state index in [1.165, 1.54) is 6.07 Å². The molecule has 0 atom stereocenters. The monoisotopic (exact) mass is 314 g/mol. The summed E-state index contributed by atoms with van der Waals surface area (Å²) in [6, 6.07) is 4.47. The van der Waals surface area contributed by atoms with Crippen LogP contribution in [0.2, 0.25) is 0 Å². The standard InChI is InChI=1S/C13H16BrFN2O/c14-10-2-3-12(15)11(8-10)13(18)9-17-6-1-4-16-5-7-17/h2-3,8,16H,1,4-7,9H2. The maximum Gasteiger partial charge on any atom is 0.179 e. The largest absolute Gasteiger partial charge is 0.315 e. The molecule has 0 aliphatic carbocycles. The number of hydrogen-bond donors (Lipinski definition) is 1. The number of nitrogens with zero attached hydrogens (tertiary/aromatic N) is 1. The van der Waals surface area contributed by atoms with Crippen LogP contribution in [0, 0.1) is 5.82 Å². The zero-order valence-electron chi connectivity index (χ0n) is 10.1. The molecule has 0 unspecified atom stereocenters. The molecule has 3 nitrogen and oxygen atoms in total. The minimum atomic E-state index is -0.448. The second kappa shape index (κ2) is 6.41. The maximum atomic E-state index is 13.6. The van der Waals surface area contributed by atoms with E-state index >= 15 is 0 Å². The summed E-state index contributed by atoms with van der Waals surface area (Å²) in [5.41, 5.74) is 0.168. The molecule has 1 saturated heterocycles. The Hall–Kier alpha value is -0.780. The van der Waals surface area contributed by atoms with Crippen molar-refractivity contribution in [3.63, 3.8) is 0 Å². The highest BCUT2D eigenvalue weighted by atomic mass is 79.9. The molecule has 18 heavy (non-hydrogen) atoms. The van der Waals surface area contributed by atoms with Crippen molar-refractivity contribution in [3.8, 4) is 0 Å². The van der Waals surface area contributed by atoms with Crippen LogP contribution in [0.3, 0.4) is 0 Å². The minimum Gasteiger partial charge on any atom is -0.315 e. The Bertz CT molecular complexity index is 431. The van der Waals surface area contributed by atoms with E-state index < -0.39 is 5.82 Å². The second-order valence-corrected chi connectivity index (χ2v) is 5.34. The Balaban J connectivity index is 2.04. The van der Waals surface area contributed by atoms with Gasteiger partial charge in [-0.15, -0.1) is 0 Å². The molecule has 1 aliphatic rings. The summed E-state index contributed by atoms with van der Waals surface area (Å²) in [5, 5.41) is 3.28. The highest BCUT2D eigenvalue weighted by molar-refractivity contribution is 9.10. The van der Waals surface area contributed by atoms with Crippen LogP contribution in [0.1, 0.15) is 16.8 Å². The predicted octanol–water partition coefficient (Wildman–Crippen LogP) is 2.07. The van der Waals surface area contributed by atoms with Crippen molar-refractivity contribution in [2.24, 2.45) is 0 Å². The Kier molecular flexibility index (Phi) is 4.86. The van der Waals surface area contributed by atoms with E-state index in [1.54, 1.807) is 12.1 Å². The van der Waals surface area contributed by atoms with Gasteiger partial charge in [-0.25, -0.2) is 4.39 Å². The van der Waals surface area contributed by atoms with Crippen molar-refractivity contribution in [1.29, 1.82) is 0 Å². The molecule has 0 aromatic heterocycles. The molecule has 1 heterocycles. The van der Waals surface area contributed by atoms with Crippen molar-refractivity contribution in [3.05, 3.63) is 34.1 Å². The first kappa shape index (κ1) is 13.6. The van der Waals surface area contributed by atoms with Gasteiger partial charge in [0, 0.05) is 17.6 Å². The summed E-state index contributed by atoms with van der Waals surface area (Å²) in [7, 11) is 0. The number of carbonyl (C=O) groups is 1. The third kappa shape index (κ3) is 3.60. The van der Waals surface area contributed by atoms with E-state index in [9.17, 15) is 9.18 Å². The molecule has 0 bridgehead atoms. The molecular weight excluding hydrogens is 299 g/mol. The summed E-state index contributed by atoms with van der Waals surface area (Å²) >= 11 is 3.26. The van der Waals surface area contributed by atoms with E-state index in [0.717, 1.165) is 37.1 Å². The predicted molar refractivity (Wildman–Crippen MR) is 72.4 cm³/mol. The van der Waals surface area contributed by atoms with Gasteiger partial charge in [0.2, 0.25) is 0 Å². The van der Waals surface area contributed by atoms with Crippen LogP contribution in [-0.2, 0) is 0 Å². The van der Waals surface area contributed by atoms with Gasteiger partial charge in [0.15, 0.2) is 5.78 Å². The van der Waals surface area contributed by atoms with E-state index in [4.69, 9.17) is 0 Å². The summed E-state index contributed by atoms with van der Waals surface area (Å²) in [6.45, 7) is 3.87. The summed E-state index contributed by atoms with van der Waals surface area (Å²) in [4.78, 5) is 14.1. The number of Topliss-reactive ketones (excluding diaryl/α,β-unsaturated/α-hetero) is 1. The van der Waals surface area contributed by atoms with Gasteiger partial charge >= 0.3 is 0 Å². The van der Waals surface area contributed by atoms with Crippen LogP contribution in [0.25, 0.3) is 0 Å². The zero-order chi connectivity index (χ0) is 13.0. The Morgan fingerprint density at radius 2 is 2.22 bits per heavy atom. The molecule has 0 spiro atoms. The van der Waals surface area contributed by atoms with Crippen LogP contribution in [0.5, 0.6) is 0 Å². The summed E-state index contributed by atoms with van der Waals surface area (Å²) in [6.07, 6.45) is 1.02. The van der Waals surface area contributed by atoms with Gasteiger partial charge in [-0.1, -0.05) is 15.9 Å². The lowest BCUT2D eigenvalue weighted by Crippen LogP contribution is -2.33. The molecule has 0 amide bonds. The van der Waals surface area contributed by atoms with E-state index in [-0.39, 0.29) is 17.9 Å². The number of rotatable bonds is 3. The lowest BCUT2D eigenvalue weighted by atomic mass is 10.1. The summed E-state index contributed by atoms with van der Waals surface area (Å²) in [5.74, 6) is -0.605. The second-order valence-electron chi connectivity index (χ2n) is 4.43. The molecule has 1 aliphatic heterocycles. The van der Waals surface area contributed by atoms with Crippen molar-refractivity contribution < 1.29 is 9.18 Å². The number of carbonyl (C=O) groups excluding carboxylic acids is 1. The fourth-order valence-corrected chi connectivity index (χ4v) is 2.42. The SMILES string of the molecule is O=C(CN1CCCNCC1)c1cc(Br)ccc1F. The molecule has 0 radical (unpaired) electrons. The molecule has 2 rings (SSSR count). The van der Waals surface area contributed by atoms with Gasteiger partial charge < -0.3 is 5.32 Å². The van der Waals surface area contributed by atoms with Gasteiger partial charge in [-0.2, -0.15) is 0 Å². The van der Waals surface area contributed by atoms with Gasteiger partial charge in [0.05, 0.1) is 12.1 Å². The lowest BCUT2D eigenvalue weighted by molar-refractivity contribution is 0.0931. The molecule has 1 N–H and O–H groups in total. The number of hydrogen-bond acceptors (Lipinski definition) is 3. The van der Waals surface area contributed by atoms with Crippen LogP contribution >= 0.6 is 15.9 Å². The first-order valence-corrected chi connectivity index (χ1v) is 6.87. The molecule has 98 valence electrons. The topological polar surface area (TPSA) is 32.3 Å². The average Bonchev–Trinajstić information content (AvgIpc) is 2.61. The maximum absolute atomic E-state index is 13.6. The third-order valence-corrected chi connectivity index (χ3v) is 3.52. The Morgan fingerprint density at radius 3 is 3.06 bits per heavy atom. The lowest BCUT2D eigenvalue weighted by Gasteiger charge is -2.18. The van der Waals surface area contributed by atoms with Crippen LogP contribution in [0.15, 0.2) is 22.7 Å². The highest BCUT2D eigenvalue weighted by Crippen LogP contribution is 2.16.